The van der Waals surface area contributed by atoms with Gasteiger partial charge in [0.2, 0.25) is 11.8 Å². The highest BCUT2D eigenvalue weighted by Crippen LogP contribution is 2.24. The molecule has 0 radical (unpaired) electrons. The lowest BCUT2D eigenvalue weighted by atomic mass is 10.3. The van der Waals surface area contributed by atoms with Crippen molar-refractivity contribution in [1.82, 2.24) is 25.0 Å². The molecule has 2 heterocycles. The van der Waals surface area contributed by atoms with Crippen LogP contribution in [0.15, 0.2) is 40.2 Å². The Balaban J connectivity index is 1.80. The van der Waals surface area contributed by atoms with Gasteiger partial charge in [-0.3, -0.25) is 4.57 Å². The summed E-state index contributed by atoms with van der Waals surface area (Å²) in [6, 6.07) is 7.50. The Morgan fingerprint density at radius 1 is 1.30 bits per heavy atom. The second-order valence-electron chi connectivity index (χ2n) is 3.97. The molecule has 0 spiro atoms. The van der Waals surface area contributed by atoms with Crippen molar-refractivity contribution in [3.05, 3.63) is 47.4 Å². The molecule has 0 saturated heterocycles. The van der Waals surface area contributed by atoms with Crippen LogP contribution in [-0.2, 0) is 5.75 Å². The van der Waals surface area contributed by atoms with Crippen LogP contribution >= 0.6 is 23.4 Å². The van der Waals surface area contributed by atoms with Crippen LogP contribution in [0.4, 0.5) is 0 Å². The molecule has 2 aromatic heterocycles. The normalized spacial score (nSPS) is 10.9. The van der Waals surface area contributed by atoms with Crippen LogP contribution in [0, 0.1) is 6.92 Å². The van der Waals surface area contributed by atoms with Crippen molar-refractivity contribution < 1.29 is 4.42 Å². The highest BCUT2D eigenvalue weighted by molar-refractivity contribution is 7.98. The van der Waals surface area contributed by atoms with Crippen molar-refractivity contribution in [2.45, 2.75) is 17.8 Å². The monoisotopic (exact) mass is 307 g/mol. The fraction of sp³-hybridized carbons (Fsp3) is 0.167. The quantitative estimate of drug-likeness (QED) is 0.690. The summed E-state index contributed by atoms with van der Waals surface area (Å²) in [4.78, 5) is 0. The van der Waals surface area contributed by atoms with E-state index in [0.29, 0.717) is 22.6 Å². The van der Waals surface area contributed by atoms with Gasteiger partial charge in [0.25, 0.3) is 0 Å². The van der Waals surface area contributed by atoms with Gasteiger partial charge in [0.1, 0.15) is 6.33 Å². The number of hydrogen-bond donors (Lipinski definition) is 0. The standard InChI is InChI=1S/C12H10ClN5OS/c1-8-15-16-11(19-8)6-20-12-17-14-7-18(12)10-4-2-3-9(13)5-10/h2-5,7H,6H2,1H3. The summed E-state index contributed by atoms with van der Waals surface area (Å²) in [6.07, 6.45) is 1.65. The smallest absolute Gasteiger partial charge is 0.226 e. The summed E-state index contributed by atoms with van der Waals surface area (Å²) in [5.74, 6) is 1.66. The summed E-state index contributed by atoms with van der Waals surface area (Å²) < 4.78 is 7.19. The molecule has 8 heteroatoms. The van der Waals surface area contributed by atoms with Crippen LogP contribution in [0.1, 0.15) is 11.8 Å². The van der Waals surface area contributed by atoms with Crippen molar-refractivity contribution >= 4 is 23.4 Å². The number of thioether (sulfide) groups is 1. The third-order valence-corrected chi connectivity index (χ3v) is 3.66. The van der Waals surface area contributed by atoms with Gasteiger partial charge in [0.15, 0.2) is 5.16 Å². The van der Waals surface area contributed by atoms with Crippen LogP contribution < -0.4 is 0 Å². The van der Waals surface area contributed by atoms with Gasteiger partial charge < -0.3 is 4.42 Å². The van der Waals surface area contributed by atoms with E-state index in [1.807, 2.05) is 28.8 Å². The zero-order valence-electron chi connectivity index (χ0n) is 10.5. The Morgan fingerprint density at radius 2 is 2.20 bits per heavy atom. The van der Waals surface area contributed by atoms with Crippen molar-refractivity contribution in [1.29, 1.82) is 0 Å². The molecule has 0 aliphatic rings. The number of aryl methyl sites for hydroxylation is 1. The molecule has 1 aromatic carbocycles. The first-order chi connectivity index (χ1) is 9.72. The molecule has 3 aromatic rings. The van der Waals surface area contributed by atoms with Gasteiger partial charge in [0, 0.05) is 11.9 Å². The van der Waals surface area contributed by atoms with E-state index in [-0.39, 0.29) is 0 Å². The minimum Gasteiger partial charge on any atom is -0.425 e. The Hall–Kier alpha value is -1.86. The van der Waals surface area contributed by atoms with Crippen LogP contribution in [-0.4, -0.2) is 25.0 Å². The lowest BCUT2D eigenvalue weighted by Gasteiger charge is -2.05. The van der Waals surface area contributed by atoms with Crippen LogP contribution in [0.5, 0.6) is 0 Å². The molecule has 0 atom stereocenters. The molecule has 0 N–H and O–H groups in total. The van der Waals surface area contributed by atoms with Gasteiger partial charge >= 0.3 is 0 Å². The van der Waals surface area contributed by atoms with Crippen molar-refractivity contribution in [3.8, 4) is 5.69 Å². The number of benzene rings is 1. The van der Waals surface area contributed by atoms with Gasteiger partial charge in [-0.2, -0.15) is 0 Å². The third-order valence-electron chi connectivity index (χ3n) is 2.50. The summed E-state index contributed by atoms with van der Waals surface area (Å²) in [6.45, 7) is 1.76. The van der Waals surface area contributed by atoms with E-state index in [9.17, 15) is 0 Å². The first-order valence-corrected chi connectivity index (χ1v) is 7.16. The summed E-state index contributed by atoms with van der Waals surface area (Å²) in [5, 5.41) is 17.2. The van der Waals surface area contributed by atoms with Gasteiger partial charge in [0.05, 0.1) is 11.4 Å². The molecule has 0 unspecified atom stereocenters. The first-order valence-electron chi connectivity index (χ1n) is 5.80. The van der Waals surface area contributed by atoms with Gasteiger partial charge in [-0.05, 0) is 18.2 Å². The van der Waals surface area contributed by atoms with E-state index in [1.165, 1.54) is 11.8 Å². The molecule has 3 rings (SSSR count). The zero-order valence-corrected chi connectivity index (χ0v) is 12.1. The Morgan fingerprint density at radius 3 is 2.95 bits per heavy atom. The molecule has 0 fully saturated rings. The second-order valence-corrected chi connectivity index (χ2v) is 5.35. The molecular formula is C12H10ClN5OS. The Kier molecular flexibility index (Phi) is 3.70. The SMILES string of the molecule is Cc1nnc(CSc2nncn2-c2cccc(Cl)c2)o1. The van der Waals surface area contributed by atoms with Crippen molar-refractivity contribution in [2.75, 3.05) is 0 Å². The number of rotatable bonds is 4. The highest BCUT2D eigenvalue weighted by atomic mass is 35.5. The molecule has 0 aliphatic heterocycles. The fourth-order valence-corrected chi connectivity index (χ4v) is 2.60. The van der Waals surface area contributed by atoms with Crippen LogP contribution in [0.2, 0.25) is 5.02 Å². The average Bonchev–Trinajstić information content (AvgIpc) is 3.05. The fourth-order valence-electron chi connectivity index (χ4n) is 1.65. The summed E-state index contributed by atoms with van der Waals surface area (Å²) in [5.41, 5.74) is 0.909. The number of hydrogen-bond acceptors (Lipinski definition) is 6. The summed E-state index contributed by atoms with van der Waals surface area (Å²) in [7, 11) is 0. The van der Waals surface area contributed by atoms with E-state index in [4.69, 9.17) is 16.0 Å². The predicted molar refractivity (Wildman–Crippen MR) is 75.0 cm³/mol. The summed E-state index contributed by atoms with van der Waals surface area (Å²) >= 11 is 7.47. The maximum absolute atomic E-state index is 6.00. The maximum Gasteiger partial charge on any atom is 0.226 e. The van der Waals surface area contributed by atoms with Crippen molar-refractivity contribution in [2.24, 2.45) is 0 Å². The van der Waals surface area contributed by atoms with E-state index < -0.39 is 0 Å². The first kappa shape index (κ1) is 13.1. The van der Waals surface area contributed by atoms with E-state index in [2.05, 4.69) is 20.4 Å². The van der Waals surface area contributed by atoms with E-state index in [1.54, 1.807) is 13.3 Å². The molecule has 0 bridgehead atoms. The highest BCUT2D eigenvalue weighted by Gasteiger charge is 2.10. The van der Waals surface area contributed by atoms with Gasteiger partial charge in [-0.25, -0.2) is 0 Å². The van der Waals surface area contributed by atoms with Gasteiger partial charge in [-0.1, -0.05) is 29.4 Å². The minimum atomic E-state index is 0.542. The molecule has 0 amide bonds. The molecule has 0 aliphatic carbocycles. The average molecular weight is 308 g/mol. The maximum atomic E-state index is 6.00. The zero-order chi connectivity index (χ0) is 13.9. The number of halogens is 1. The van der Waals surface area contributed by atoms with Gasteiger partial charge in [-0.15, -0.1) is 20.4 Å². The van der Waals surface area contributed by atoms with Crippen LogP contribution in [0.25, 0.3) is 5.69 Å². The topological polar surface area (TPSA) is 69.6 Å². The Bertz CT molecular complexity index is 726. The molecule has 20 heavy (non-hydrogen) atoms. The predicted octanol–water partition coefficient (Wildman–Crippen LogP) is 2.90. The Labute approximate surface area is 124 Å². The lowest BCUT2D eigenvalue weighted by Crippen LogP contribution is -1.95. The minimum absolute atomic E-state index is 0.542. The van der Waals surface area contributed by atoms with Crippen LogP contribution in [0.3, 0.4) is 0 Å². The second kappa shape index (κ2) is 5.64. The molecule has 0 saturated carbocycles. The van der Waals surface area contributed by atoms with E-state index in [0.717, 1.165) is 10.8 Å². The number of aromatic nitrogens is 5. The molecule has 102 valence electrons. The molecule has 6 nitrogen and oxygen atoms in total. The van der Waals surface area contributed by atoms with E-state index >= 15 is 0 Å². The van der Waals surface area contributed by atoms with Crippen molar-refractivity contribution in [3.63, 3.8) is 0 Å². The third kappa shape index (κ3) is 2.83. The largest absolute Gasteiger partial charge is 0.425 e. The molecular weight excluding hydrogens is 298 g/mol. The number of nitrogens with zero attached hydrogens (tertiary/aromatic N) is 5. The lowest BCUT2D eigenvalue weighted by molar-refractivity contribution is 0.485.